The number of rotatable bonds is 4. The van der Waals surface area contributed by atoms with Crippen LogP contribution in [0.25, 0.3) is 0 Å². The number of anilines is 1. The van der Waals surface area contributed by atoms with Crippen molar-refractivity contribution in [2.24, 2.45) is 5.92 Å². The fourth-order valence-electron chi connectivity index (χ4n) is 3.20. The topological polar surface area (TPSA) is 75.7 Å². The highest BCUT2D eigenvalue weighted by Crippen LogP contribution is 2.26. The van der Waals surface area contributed by atoms with Gasteiger partial charge in [-0.25, -0.2) is 9.59 Å². The minimum absolute atomic E-state index is 0.127. The molecule has 0 aliphatic carbocycles. The van der Waals surface area contributed by atoms with Gasteiger partial charge in [0.25, 0.3) is 0 Å². The summed E-state index contributed by atoms with van der Waals surface area (Å²) in [4.78, 5) is 39.3. The van der Waals surface area contributed by atoms with E-state index in [4.69, 9.17) is 0 Å². The quantitative estimate of drug-likeness (QED) is 0.637. The van der Waals surface area contributed by atoms with Crippen molar-refractivity contribution in [1.29, 1.82) is 0 Å². The van der Waals surface area contributed by atoms with E-state index in [1.165, 1.54) is 18.4 Å². The van der Waals surface area contributed by atoms with Gasteiger partial charge >= 0.3 is 12.0 Å². The Morgan fingerprint density at radius 3 is 2.56 bits per heavy atom. The lowest BCUT2D eigenvalue weighted by Crippen LogP contribution is -2.44. The van der Waals surface area contributed by atoms with Gasteiger partial charge in [0, 0.05) is 24.7 Å². The van der Waals surface area contributed by atoms with Gasteiger partial charge < -0.3 is 15.0 Å². The molecule has 2 aromatic rings. The van der Waals surface area contributed by atoms with E-state index in [9.17, 15) is 14.4 Å². The Labute approximate surface area is 162 Å². The first-order chi connectivity index (χ1) is 13.0. The zero-order chi connectivity index (χ0) is 19.4. The summed E-state index contributed by atoms with van der Waals surface area (Å²) >= 11 is 1.46. The van der Waals surface area contributed by atoms with E-state index in [-0.39, 0.29) is 17.7 Å². The van der Waals surface area contributed by atoms with Gasteiger partial charge in [-0.15, -0.1) is 11.3 Å². The molecule has 2 heterocycles. The number of carbonyl (C=O) groups is 3. The van der Waals surface area contributed by atoms with Crippen LogP contribution in [0.1, 0.15) is 38.4 Å². The number of aryl methyl sites for hydroxylation is 1. The number of amides is 2. The first-order valence-electron chi connectivity index (χ1n) is 8.82. The average Bonchev–Trinajstić information content (AvgIpc) is 3.13. The number of hydrogen-bond donors (Lipinski definition) is 1. The Morgan fingerprint density at radius 1 is 1.19 bits per heavy atom. The summed E-state index contributed by atoms with van der Waals surface area (Å²) in [5.74, 6) is -0.458. The van der Waals surface area contributed by atoms with E-state index in [0.29, 0.717) is 24.3 Å². The number of benzene rings is 1. The number of carbonyl (C=O) groups excluding carboxylic acids is 3. The molecule has 1 N–H and O–H groups in total. The first kappa shape index (κ1) is 19.1. The van der Waals surface area contributed by atoms with Gasteiger partial charge in [0.15, 0.2) is 5.78 Å². The monoisotopic (exact) mass is 386 g/mol. The first-order valence-corrected chi connectivity index (χ1v) is 9.70. The zero-order valence-corrected chi connectivity index (χ0v) is 16.2. The van der Waals surface area contributed by atoms with Crippen LogP contribution in [0, 0.1) is 12.8 Å². The number of ether oxygens (including phenoxy) is 1. The van der Waals surface area contributed by atoms with Crippen LogP contribution in [-0.4, -0.2) is 42.9 Å². The molecule has 6 nitrogen and oxygen atoms in total. The molecular weight excluding hydrogens is 364 g/mol. The van der Waals surface area contributed by atoms with Crippen molar-refractivity contribution in [2.75, 3.05) is 25.5 Å². The maximum absolute atomic E-state index is 12.7. The van der Waals surface area contributed by atoms with Gasteiger partial charge in [0.1, 0.15) is 0 Å². The second-order valence-electron chi connectivity index (χ2n) is 6.58. The molecule has 7 heteroatoms. The number of methoxy groups -OCH3 is 1. The number of nitrogens with zero attached hydrogens (tertiary/aromatic N) is 1. The van der Waals surface area contributed by atoms with Crippen LogP contribution in [0.5, 0.6) is 0 Å². The van der Waals surface area contributed by atoms with Gasteiger partial charge in [-0.3, -0.25) is 4.79 Å². The molecule has 1 aliphatic heterocycles. The van der Waals surface area contributed by atoms with Crippen molar-refractivity contribution < 1.29 is 19.1 Å². The highest BCUT2D eigenvalue weighted by molar-refractivity contribution is 7.12. The third kappa shape index (κ3) is 4.36. The molecule has 0 spiro atoms. The van der Waals surface area contributed by atoms with Crippen LogP contribution in [0.2, 0.25) is 0 Å². The lowest BCUT2D eigenvalue weighted by Gasteiger charge is -2.32. The van der Waals surface area contributed by atoms with Crippen LogP contribution in [0.15, 0.2) is 35.7 Å². The largest absolute Gasteiger partial charge is 0.465 e. The van der Waals surface area contributed by atoms with Crippen LogP contribution in [-0.2, 0) is 4.74 Å². The lowest BCUT2D eigenvalue weighted by atomic mass is 9.92. The number of nitrogens with one attached hydrogen (secondary N) is 1. The molecule has 1 unspecified atom stereocenters. The summed E-state index contributed by atoms with van der Waals surface area (Å²) < 4.78 is 4.66. The third-order valence-corrected chi connectivity index (χ3v) is 5.75. The predicted molar refractivity (Wildman–Crippen MR) is 104 cm³/mol. The Bertz CT molecular complexity index is 844. The molecule has 1 aromatic heterocycles. The molecule has 1 fully saturated rings. The number of ketones is 1. The highest BCUT2D eigenvalue weighted by Gasteiger charge is 2.30. The molecule has 3 rings (SSSR count). The zero-order valence-electron chi connectivity index (χ0n) is 15.4. The molecule has 1 aliphatic rings. The average molecular weight is 386 g/mol. The predicted octanol–water partition coefficient (Wildman–Crippen LogP) is 3.97. The third-order valence-electron chi connectivity index (χ3n) is 4.72. The van der Waals surface area contributed by atoms with E-state index in [0.717, 1.165) is 23.3 Å². The van der Waals surface area contributed by atoms with E-state index in [2.05, 4.69) is 10.1 Å². The number of piperidine rings is 1. The SMILES string of the molecule is COC(=O)c1ccc(NC(=O)N2CCCC(C(=O)c3sccc3C)C2)cc1. The molecule has 27 heavy (non-hydrogen) atoms. The number of hydrogen-bond acceptors (Lipinski definition) is 5. The number of likely N-dealkylation sites (tertiary alicyclic amines) is 1. The molecule has 142 valence electrons. The number of thiophene rings is 1. The van der Waals surface area contributed by atoms with Gasteiger partial charge in [-0.1, -0.05) is 0 Å². The number of esters is 1. The Hall–Kier alpha value is -2.67. The summed E-state index contributed by atoms with van der Waals surface area (Å²) in [6.45, 7) is 2.98. The van der Waals surface area contributed by atoms with Crippen LogP contribution >= 0.6 is 11.3 Å². The lowest BCUT2D eigenvalue weighted by molar-refractivity contribution is 0.0600. The van der Waals surface area contributed by atoms with Gasteiger partial charge in [0.2, 0.25) is 0 Å². The van der Waals surface area contributed by atoms with Crippen LogP contribution in [0.4, 0.5) is 10.5 Å². The van der Waals surface area contributed by atoms with Crippen molar-refractivity contribution in [2.45, 2.75) is 19.8 Å². The fraction of sp³-hybridized carbons (Fsp3) is 0.350. The summed E-state index contributed by atoms with van der Waals surface area (Å²) in [6, 6.07) is 8.23. The molecule has 1 aromatic carbocycles. The van der Waals surface area contributed by atoms with Crippen LogP contribution in [0.3, 0.4) is 0 Å². The summed E-state index contributed by atoms with van der Waals surface area (Å²) in [6.07, 6.45) is 1.60. The van der Waals surface area contributed by atoms with Crippen molar-refractivity contribution in [3.05, 3.63) is 51.7 Å². The molecular formula is C20H22N2O4S. The Morgan fingerprint density at radius 2 is 1.93 bits per heavy atom. The van der Waals surface area contributed by atoms with Crippen molar-refractivity contribution >= 4 is 34.8 Å². The summed E-state index contributed by atoms with van der Waals surface area (Å²) in [5, 5.41) is 4.75. The molecule has 2 amide bonds. The van der Waals surface area contributed by atoms with Gasteiger partial charge in [-0.05, 0) is 61.0 Å². The Kier molecular flexibility index (Phi) is 5.91. The van der Waals surface area contributed by atoms with E-state index < -0.39 is 5.97 Å². The number of urea groups is 1. The standard InChI is InChI=1S/C20H22N2O4S/c1-13-9-11-27-18(13)17(23)15-4-3-10-22(12-15)20(25)21-16-7-5-14(6-8-16)19(24)26-2/h5-9,11,15H,3-4,10,12H2,1-2H3,(H,21,25). The second kappa shape index (κ2) is 8.35. The molecule has 1 saturated heterocycles. The second-order valence-corrected chi connectivity index (χ2v) is 7.50. The van der Waals surface area contributed by atoms with E-state index in [1.807, 2.05) is 18.4 Å². The molecule has 1 atom stereocenters. The normalized spacial score (nSPS) is 16.7. The van der Waals surface area contributed by atoms with Gasteiger partial charge in [-0.2, -0.15) is 0 Å². The van der Waals surface area contributed by atoms with Crippen molar-refractivity contribution in [3.63, 3.8) is 0 Å². The van der Waals surface area contributed by atoms with E-state index in [1.54, 1.807) is 29.2 Å². The fourth-order valence-corrected chi connectivity index (χ4v) is 4.14. The maximum atomic E-state index is 12.7. The minimum Gasteiger partial charge on any atom is -0.465 e. The van der Waals surface area contributed by atoms with Crippen molar-refractivity contribution in [3.8, 4) is 0 Å². The number of Topliss-reactive ketones (excluding diaryl/α,β-unsaturated/α-hetero) is 1. The summed E-state index contributed by atoms with van der Waals surface area (Å²) in [5.41, 5.74) is 2.01. The minimum atomic E-state index is -0.422. The molecule has 0 saturated carbocycles. The summed E-state index contributed by atoms with van der Waals surface area (Å²) in [7, 11) is 1.32. The van der Waals surface area contributed by atoms with Gasteiger partial charge in [0.05, 0.1) is 17.6 Å². The van der Waals surface area contributed by atoms with Crippen molar-refractivity contribution in [1.82, 2.24) is 4.90 Å². The highest BCUT2D eigenvalue weighted by atomic mass is 32.1. The Balaban J connectivity index is 1.62. The molecule has 0 bridgehead atoms. The smallest absolute Gasteiger partial charge is 0.337 e. The maximum Gasteiger partial charge on any atom is 0.337 e. The van der Waals surface area contributed by atoms with E-state index >= 15 is 0 Å². The molecule has 0 radical (unpaired) electrons. The van der Waals surface area contributed by atoms with Crippen LogP contribution < -0.4 is 5.32 Å².